The Labute approximate surface area is 131 Å². The number of aryl methyl sites for hydroxylation is 1. The molecule has 2 rings (SSSR count). The molecule has 22 heavy (non-hydrogen) atoms. The molecule has 0 fully saturated rings. The summed E-state index contributed by atoms with van der Waals surface area (Å²) in [7, 11) is 0. The Morgan fingerprint density at radius 1 is 1.27 bits per heavy atom. The van der Waals surface area contributed by atoms with E-state index in [1.54, 1.807) is 15.4 Å². The molecule has 2 aromatic heterocycles. The van der Waals surface area contributed by atoms with E-state index < -0.39 is 0 Å². The van der Waals surface area contributed by atoms with Crippen LogP contribution < -0.4 is 5.49 Å². The Morgan fingerprint density at radius 2 is 2.00 bits per heavy atom. The number of hydrogen-bond donors (Lipinski definition) is 0. The first-order valence-electron chi connectivity index (χ1n) is 7.78. The molecule has 2 heterocycles. The fraction of sp³-hybridized carbons (Fsp3) is 0.471. The minimum absolute atomic E-state index is 0.0961. The third kappa shape index (κ3) is 3.35. The number of nitrogens with zero attached hydrogens (tertiary/aromatic N) is 4. The van der Waals surface area contributed by atoms with Crippen LogP contribution in [0.1, 0.15) is 56.7 Å². The number of hydrogen-bond acceptors (Lipinski definition) is 3. The third-order valence-electron chi connectivity index (χ3n) is 3.36. The summed E-state index contributed by atoms with van der Waals surface area (Å²) >= 11 is 0. The van der Waals surface area contributed by atoms with Gasteiger partial charge in [0.2, 0.25) is 0 Å². The van der Waals surface area contributed by atoms with E-state index in [0.29, 0.717) is 23.6 Å². The molecule has 0 spiro atoms. The van der Waals surface area contributed by atoms with Crippen LogP contribution in [0.2, 0.25) is 0 Å². The van der Waals surface area contributed by atoms with Gasteiger partial charge in [-0.3, -0.25) is 19.0 Å². The molecule has 5 nitrogen and oxygen atoms in total. The van der Waals surface area contributed by atoms with Gasteiger partial charge in [-0.05, 0) is 44.9 Å². The van der Waals surface area contributed by atoms with Gasteiger partial charge in [-0.1, -0.05) is 19.9 Å². The average molecular weight is 300 g/mol. The van der Waals surface area contributed by atoms with Gasteiger partial charge in [0.1, 0.15) is 11.2 Å². The number of carbonyl (C=O) groups is 1. The lowest BCUT2D eigenvalue weighted by atomic mass is 10.1. The maximum atomic E-state index is 12.9. The van der Waals surface area contributed by atoms with Crippen LogP contribution in [0.3, 0.4) is 0 Å². The predicted octanol–water partition coefficient (Wildman–Crippen LogP) is 2.83. The van der Waals surface area contributed by atoms with Crippen LogP contribution in [0.4, 0.5) is 0 Å². The molecule has 0 aliphatic rings. The monoisotopic (exact) mass is 300 g/mol. The van der Waals surface area contributed by atoms with E-state index in [4.69, 9.17) is 0 Å². The summed E-state index contributed by atoms with van der Waals surface area (Å²) in [4.78, 5) is 17.4. The highest BCUT2D eigenvalue weighted by Gasteiger charge is 2.17. The van der Waals surface area contributed by atoms with Crippen LogP contribution in [0.15, 0.2) is 35.5 Å². The number of rotatable bonds is 4. The van der Waals surface area contributed by atoms with Crippen molar-refractivity contribution in [2.45, 2.75) is 53.1 Å². The van der Waals surface area contributed by atoms with E-state index >= 15 is 0 Å². The molecule has 0 N–H and O–H groups in total. The van der Waals surface area contributed by atoms with E-state index in [1.165, 1.54) is 0 Å². The molecule has 0 radical (unpaired) electrons. The smallest absolute Gasteiger partial charge is 0.267 e. The fourth-order valence-corrected chi connectivity index (χ4v) is 2.23. The van der Waals surface area contributed by atoms with Crippen LogP contribution in [0.5, 0.6) is 0 Å². The minimum atomic E-state index is -0.0961. The van der Waals surface area contributed by atoms with E-state index in [1.807, 2.05) is 45.0 Å². The highest BCUT2D eigenvalue weighted by atomic mass is 16.2. The summed E-state index contributed by atoms with van der Waals surface area (Å²) in [6.45, 7) is 10.8. The number of carbonyl (C=O) groups excluding carboxylic acids is 1. The van der Waals surface area contributed by atoms with Crippen LogP contribution in [0, 0.1) is 0 Å². The highest BCUT2D eigenvalue weighted by Crippen LogP contribution is 2.15. The molecule has 0 saturated heterocycles. The molecule has 2 aromatic rings. The van der Waals surface area contributed by atoms with Crippen molar-refractivity contribution >= 4 is 5.91 Å². The summed E-state index contributed by atoms with van der Waals surface area (Å²) in [5.74, 6) is 0.196. The maximum Gasteiger partial charge on any atom is 0.281 e. The van der Waals surface area contributed by atoms with Gasteiger partial charge in [0.15, 0.2) is 0 Å². The van der Waals surface area contributed by atoms with Crippen molar-refractivity contribution in [3.8, 4) is 0 Å². The average Bonchev–Trinajstić information content (AvgIpc) is 2.91. The maximum absolute atomic E-state index is 12.9. The highest BCUT2D eigenvalue weighted by molar-refractivity contribution is 5.94. The molecule has 0 unspecified atom stereocenters. The topological polar surface area (TPSA) is 52.2 Å². The van der Waals surface area contributed by atoms with Gasteiger partial charge in [-0.25, -0.2) is 0 Å². The third-order valence-corrected chi connectivity index (χ3v) is 3.36. The normalized spacial score (nSPS) is 12.4. The SMILES string of the molecule is CCn1nc(C(C)C)cc1C(=O)n1ccccc1=NC(C)C. The van der Waals surface area contributed by atoms with Gasteiger partial charge in [-0.2, -0.15) is 5.10 Å². The molecule has 0 atom stereocenters. The van der Waals surface area contributed by atoms with Gasteiger partial charge in [-0.15, -0.1) is 0 Å². The fourth-order valence-electron chi connectivity index (χ4n) is 2.23. The Balaban J connectivity index is 2.54. The van der Waals surface area contributed by atoms with Crippen molar-refractivity contribution in [2.24, 2.45) is 4.99 Å². The van der Waals surface area contributed by atoms with E-state index in [2.05, 4.69) is 23.9 Å². The predicted molar refractivity (Wildman–Crippen MR) is 86.8 cm³/mol. The van der Waals surface area contributed by atoms with Crippen LogP contribution in [-0.4, -0.2) is 26.3 Å². The zero-order valence-corrected chi connectivity index (χ0v) is 13.9. The standard InChI is InChI=1S/C17H24N4O/c1-6-21-15(11-14(19-21)12(2)3)17(22)20-10-8-7-9-16(20)18-13(4)5/h7-13H,6H2,1-5H3. The first kappa shape index (κ1) is 16.2. The van der Waals surface area contributed by atoms with Crippen LogP contribution in [-0.2, 0) is 6.54 Å². The molecule has 0 amide bonds. The van der Waals surface area contributed by atoms with E-state index in [0.717, 1.165) is 5.69 Å². The summed E-state index contributed by atoms with van der Waals surface area (Å²) < 4.78 is 3.35. The van der Waals surface area contributed by atoms with Gasteiger partial charge in [0.05, 0.1) is 5.69 Å². The summed E-state index contributed by atoms with van der Waals surface area (Å²) in [5, 5.41) is 4.52. The molecule has 0 bridgehead atoms. The van der Waals surface area contributed by atoms with Crippen molar-refractivity contribution < 1.29 is 4.79 Å². The van der Waals surface area contributed by atoms with Gasteiger partial charge >= 0.3 is 0 Å². The lowest BCUT2D eigenvalue weighted by Crippen LogP contribution is -2.29. The first-order chi connectivity index (χ1) is 10.4. The Hall–Kier alpha value is -2.17. The Morgan fingerprint density at radius 3 is 2.59 bits per heavy atom. The van der Waals surface area contributed by atoms with Crippen molar-refractivity contribution in [2.75, 3.05) is 0 Å². The first-order valence-corrected chi connectivity index (χ1v) is 7.78. The Bertz CT molecular complexity index is 722. The number of aromatic nitrogens is 3. The van der Waals surface area contributed by atoms with Gasteiger partial charge in [0.25, 0.3) is 5.91 Å². The van der Waals surface area contributed by atoms with Crippen LogP contribution >= 0.6 is 0 Å². The van der Waals surface area contributed by atoms with Crippen molar-refractivity contribution in [1.29, 1.82) is 0 Å². The summed E-state index contributed by atoms with van der Waals surface area (Å²) in [6, 6.07) is 7.60. The minimum Gasteiger partial charge on any atom is -0.267 e. The Kier molecular flexibility index (Phi) is 4.96. The lowest BCUT2D eigenvalue weighted by molar-refractivity contribution is 0.0944. The van der Waals surface area contributed by atoms with Gasteiger partial charge in [0, 0.05) is 18.8 Å². The second-order valence-corrected chi connectivity index (χ2v) is 5.88. The lowest BCUT2D eigenvalue weighted by Gasteiger charge is -2.08. The molecular formula is C17H24N4O. The summed E-state index contributed by atoms with van der Waals surface area (Å²) in [6.07, 6.45) is 1.76. The quantitative estimate of drug-likeness (QED) is 0.872. The molecule has 5 heteroatoms. The summed E-state index contributed by atoms with van der Waals surface area (Å²) in [5.41, 5.74) is 2.20. The second-order valence-electron chi connectivity index (χ2n) is 5.88. The zero-order valence-electron chi connectivity index (χ0n) is 13.9. The van der Waals surface area contributed by atoms with Crippen molar-refractivity contribution in [3.63, 3.8) is 0 Å². The van der Waals surface area contributed by atoms with Gasteiger partial charge < -0.3 is 0 Å². The molecular weight excluding hydrogens is 276 g/mol. The molecule has 0 aromatic carbocycles. The molecule has 118 valence electrons. The number of pyridine rings is 1. The largest absolute Gasteiger partial charge is 0.281 e. The molecule has 0 aliphatic carbocycles. The zero-order chi connectivity index (χ0) is 16.3. The van der Waals surface area contributed by atoms with Crippen LogP contribution in [0.25, 0.3) is 0 Å². The van der Waals surface area contributed by atoms with Crippen molar-refractivity contribution in [1.82, 2.24) is 14.3 Å². The van der Waals surface area contributed by atoms with E-state index in [-0.39, 0.29) is 11.9 Å². The molecule has 0 saturated carbocycles. The van der Waals surface area contributed by atoms with E-state index in [9.17, 15) is 4.79 Å². The van der Waals surface area contributed by atoms with Crippen molar-refractivity contribution in [3.05, 3.63) is 47.3 Å². The second kappa shape index (κ2) is 6.73. The molecule has 0 aliphatic heterocycles.